The average Bonchev–Trinajstić information content (AvgIpc) is 2.72. The summed E-state index contributed by atoms with van der Waals surface area (Å²) in [6.45, 7) is 0. The Morgan fingerprint density at radius 3 is 2.18 bits per heavy atom. The molecule has 2 aromatic rings. The summed E-state index contributed by atoms with van der Waals surface area (Å²) < 4.78 is 19.6. The van der Waals surface area contributed by atoms with Crippen molar-refractivity contribution in [3.63, 3.8) is 0 Å². The quantitative estimate of drug-likeness (QED) is 0.441. The second-order valence-electron chi connectivity index (χ2n) is 5.34. The fourth-order valence-electron chi connectivity index (χ4n) is 2.14. The van der Waals surface area contributed by atoms with Crippen molar-refractivity contribution in [1.29, 1.82) is 0 Å². The van der Waals surface area contributed by atoms with Gasteiger partial charge in [0, 0.05) is 11.8 Å². The molecule has 0 aliphatic heterocycles. The van der Waals surface area contributed by atoms with Gasteiger partial charge in [-0.15, -0.1) is 0 Å². The summed E-state index contributed by atoms with van der Waals surface area (Å²) in [5.74, 6) is -0.896. The molecule has 0 fully saturated rings. The normalized spacial score (nSPS) is 10.6. The van der Waals surface area contributed by atoms with Gasteiger partial charge in [-0.3, -0.25) is 0 Å². The molecule has 0 unspecified atom stereocenters. The van der Waals surface area contributed by atoms with Crippen molar-refractivity contribution in [2.45, 2.75) is 0 Å². The second kappa shape index (κ2) is 9.77. The van der Waals surface area contributed by atoms with Crippen LogP contribution in [0.3, 0.4) is 0 Å². The highest BCUT2D eigenvalue weighted by Gasteiger charge is 2.13. The minimum atomic E-state index is -0.727. The van der Waals surface area contributed by atoms with Crippen LogP contribution >= 0.6 is 0 Å². The molecular formula is C20H19NO7. The Balaban J connectivity index is 2.16. The van der Waals surface area contributed by atoms with E-state index < -0.39 is 17.9 Å². The van der Waals surface area contributed by atoms with E-state index in [4.69, 9.17) is 4.74 Å². The van der Waals surface area contributed by atoms with Gasteiger partial charge in [0.15, 0.2) is 0 Å². The second-order valence-corrected chi connectivity index (χ2v) is 5.34. The van der Waals surface area contributed by atoms with E-state index in [0.717, 1.165) is 6.08 Å². The molecule has 0 saturated carbocycles. The molecule has 28 heavy (non-hydrogen) atoms. The van der Waals surface area contributed by atoms with Crippen molar-refractivity contribution in [3.8, 4) is 11.5 Å². The summed E-state index contributed by atoms with van der Waals surface area (Å²) in [7, 11) is 3.71. The lowest BCUT2D eigenvalue weighted by atomic mass is 10.2. The van der Waals surface area contributed by atoms with Crippen LogP contribution < -0.4 is 10.1 Å². The van der Waals surface area contributed by atoms with E-state index in [1.54, 1.807) is 48.5 Å². The Morgan fingerprint density at radius 2 is 1.57 bits per heavy atom. The van der Waals surface area contributed by atoms with E-state index in [9.17, 15) is 14.4 Å². The number of carbonyl (C=O) groups is 3. The Hall–Kier alpha value is -3.81. The van der Waals surface area contributed by atoms with Crippen LogP contribution in [0.5, 0.6) is 11.5 Å². The van der Waals surface area contributed by atoms with Crippen LogP contribution in [0.25, 0.3) is 0 Å². The molecule has 8 heteroatoms. The maximum Gasteiger partial charge on any atom is 0.354 e. The van der Waals surface area contributed by atoms with Crippen LogP contribution in [-0.2, 0) is 23.8 Å². The van der Waals surface area contributed by atoms with Gasteiger partial charge >= 0.3 is 17.9 Å². The zero-order valence-electron chi connectivity index (χ0n) is 15.6. The Morgan fingerprint density at radius 1 is 0.857 bits per heavy atom. The lowest BCUT2D eigenvalue weighted by molar-refractivity contribution is -0.138. The van der Waals surface area contributed by atoms with E-state index in [2.05, 4.69) is 19.5 Å². The molecule has 0 aromatic heterocycles. The number of carbonyl (C=O) groups excluding carboxylic acids is 3. The summed E-state index contributed by atoms with van der Waals surface area (Å²) in [6.07, 6.45) is 0.991. The summed E-state index contributed by atoms with van der Waals surface area (Å²) >= 11 is 0. The standard InChI is InChI=1S/C20H19NO7/c1-25-18(22)12-17(20(24)27-3)21-14-5-4-6-16(11-14)28-15-9-7-13(8-10-15)19(23)26-2/h4-12,21H,1-3H3/b17-12+. The zero-order valence-corrected chi connectivity index (χ0v) is 15.6. The minimum absolute atomic E-state index is 0.0890. The lowest BCUT2D eigenvalue weighted by Crippen LogP contribution is -2.15. The third-order valence-electron chi connectivity index (χ3n) is 3.49. The molecule has 0 heterocycles. The van der Waals surface area contributed by atoms with Crippen molar-refractivity contribution >= 4 is 23.6 Å². The topological polar surface area (TPSA) is 100 Å². The first-order valence-corrected chi connectivity index (χ1v) is 8.08. The van der Waals surface area contributed by atoms with Crippen LogP contribution in [0, 0.1) is 0 Å². The highest BCUT2D eigenvalue weighted by atomic mass is 16.5. The molecule has 0 spiro atoms. The van der Waals surface area contributed by atoms with Gasteiger partial charge in [-0.1, -0.05) is 6.07 Å². The van der Waals surface area contributed by atoms with E-state index in [1.807, 2.05) is 0 Å². The van der Waals surface area contributed by atoms with Gasteiger partial charge in [0.1, 0.15) is 17.2 Å². The number of ether oxygens (including phenoxy) is 4. The van der Waals surface area contributed by atoms with Crippen LogP contribution in [0.1, 0.15) is 10.4 Å². The van der Waals surface area contributed by atoms with Gasteiger partial charge < -0.3 is 24.3 Å². The van der Waals surface area contributed by atoms with Crippen molar-refractivity contribution in [2.24, 2.45) is 0 Å². The van der Waals surface area contributed by atoms with Gasteiger partial charge in [-0.05, 0) is 36.4 Å². The van der Waals surface area contributed by atoms with Gasteiger partial charge in [0.05, 0.1) is 33.0 Å². The Bertz CT molecular complexity index is 888. The molecule has 1 N–H and O–H groups in total. The fraction of sp³-hybridized carbons (Fsp3) is 0.150. The summed E-state index contributed by atoms with van der Waals surface area (Å²) in [6, 6.07) is 13.1. The number of rotatable bonds is 7. The van der Waals surface area contributed by atoms with Gasteiger partial charge in [-0.25, -0.2) is 14.4 Å². The molecule has 0 saturated heterocycles. The third-order valence-corrected chi connectivity index (χ3v) is 3.49. The minimum Gasteiger partial charge on any atom is -0.466 e. The molecule has 2 rings (SSSR count). The fourth-order valence-corrected chi connectivity index (χ4v) is 2.14. The predicted octanol–water partition coefficient (Wildman–Crippen LogP) is 2.91. The molecule has 2 aromatic carbocycles. The van der Waals surface area contributed by atoms with Crippen molar-refractivity contribution in [3.05, 3.63) is 65.9 Å². The van der Waals surface area contributed by atoms with Crippen LogP contribution in [0.15, 0.2) is 60.3 Å². The number of anilines is 1. The van der Waals surface area contributed by atoms with Crippen molar-refractivity contribution in [2.75, 3.05) is 26.6 Å². The molecule has 0 bridgehead atoms. The van der Waals surface area contributed by atoms with E-state index in [0.29, 0.717) is 22.7 Å². The Kier molecular flexibility index (Phi) is 7.15. The molecule has 146 valence electrons. The van der Waals surface area contributed by atoms with Crippen LogP contribution in [0.4, 0.5) is 5.69 Å². The Labute approximate surface area is 161 Å². The summed E-state index contributed by atoms with van der Waals surface area (Å²) in [4.78, 5) is 34.7. The summed E-state index contributed by atoms with van der Waals surface area (Å²) in [5.41, 5.74) is 0.805. The maximum absolute atomic E-state index is 11.8. The van der Waals surface area contributed by atoms with Crippen molar-refractivity contribution in [1.82, 2.24) is 0 Å². The van der Waals surface area contributed by atoms with E-state index >= 15 is 0 Å². The number of hydrogen-bond acceptors (Lipinski definition) is 8. The molecule has 0 aliphatic carbocycles. The molecule has 0 atom stereocenters. The summed E-state index contributed by atoms with van der Waals surface area (Å²) in [5, 5.41) is 2.80. The first-order chi connectivity index (χ1) is 13.5. The third kappa shape index (κ3) is 5.60. The number of nitrogens with one attached hydrogen (secondary N) is 1. The van der Waals surface area contributed by atoms with Crippen LogP contribution in [-0.4, -0.2) is 39.2 Å². The van der Waals surface area contributed by atoms with Crippen molar-refractivity contribution < 1.29 is 33.3 Å². The van der Waals surface area contributed by atoms with Gasteiger partial charge in [0.25, 0.3) is 0 Å². The molecule has 8 nitrogen and oxygen atoms in total. The monoisotopic (exact) mass is 385 g/mol. The average molecular weight is 385 g/mol. The molecule has 0 amide bonds. The lowest BCUT2D eigenvalue weighted by Gasteiger charge is -2.11. The largest absolute Gasteiger partial charge is 0.466 e. The van der Waals surface area contributed by atoms with E-state index in [-0.39, 0.29) is 5.70 Å². The van der Waals surface area contributed by atoms with Gasteiger partial charge in [0.2, 0.25) is 0 Å². The molecule has 0 aliphatic rings. The number of esters is 3. The van der Waals surface area contributed by atoms with Gasteiger partial charge in [-0.2, -0.15) is 0 Å². The highest BCUT2D eigenvalue weighted by molar-refractivity contribution is 5.98. The smallest absolute Gasteiger partial charge is 0.354 e. The zero-order chi connectivity index (χ0) is 20.5. The van der Waals surface area contributed by atoms with E-state index in [1.165, 1.54) is 21.3 Å². The SMILES string of the molecule is COC(=O)/C=C(/Nc1cccc(Oc2ccc(C(=O)OC)cc2)c1)C(=O)OC. The number of benzene rings is 2. The number of methoxy groups -OCH3 is 3. The molecular weight excluding hydrogens is 366 g/mol. The number of hydrogen-bond donors (Lipinski definition) is 1. The molecule has 0 radical (unpaired) electrons. The predicted molar refractivity (Wildman–Crippen MR) is 100 cm³/mol. The highest BCUT2D eigenvalue weighted by Crippen LogP contribution is 2.25. The first-order valence-electron chi connectivity index (χ1n) is 8.08. The van der Waals surface area contributed by atoms with Crippen LogP contribution in [0.2, 0.25) is 0 Å². The maximum atomic E-state index is 11.8. The first kappa shape index (κ1) is 20.5.